The van der Waals surface area contributed by atoms with Crippen LogP contribution in [0.2, 0.25) is 0 Å². The van der Waals surface area contributed by atoms with Gasteiger partial charge in [-0.15, -0.1) is 0 Å². The maximum absolute atomic E-state index is 11.5. The van der Waals surface area contributed by atoms with Crippen LogP contribution in [0.25, 0.3) is 0 Å². The number of ether oxygens (including phenoxy) is 1. The number of guanidine groups is 1. The average molecular weight is 331 g/mol. The molecule has 2 fully saturated rings. The molecular formula is C15H29N3O3S. The second-order valence-corrected chi connectivity index (χ2v) is 8.46. The van der Waals surface area contributed by atoms with E-state index >= 15 is 0 Å². The van der Waals surface area contributed by atoms with Crippen molar-refractivity contribution in [3.05, 3.63) is 0 Å². The van der Waals surface area contributed by atoms with Crippen LogP contribution in [0.3, 0.4) is 0 Å². The highest BCUT2D eigenvalue weighted by molar-refractivity contribution is 7.91. The van der Waals surface area contributed by atoms with Crippen molar-refractivity contribution < 1.29 is 13.2 Å². The van der Waals surface area contributed by atoms with E-state index in [4.69, 9.17) is 4.74 Å². The third kappa shape index (κ3) is 6.12. The van der Waals surface area contributed by atoms with Crippen molar-refractivity contribution in [2.24, 2.45) is 4.99 Å². The Morgan fingerprint density at radius 1 is 1.18 bits per heavy atom. The normalized spacial score (nSPS) is 26.6. The van der Waals surface area contributed by atoms with E-state index < -0.39 is 9.84 Å². The highest BCUT2D eigenvalue weighted by Crippen LogP contribution is 2.19. The lowest BCUT2D eigenvalue weighted by Gasteiger charge is -2.18. The van der Waals surface area contributed by atoms with Crippen molar-refractivity contribution in [1.82, 2.24) is 10.6 Å². The lowest BCUT2D eigenvalue weighted by Crippen LogP contribution is -2.45. The molecule has 2 rings (SSSR count). The summed E-state index contributed by atoms with van der Waals surface area (Å²) in [4.78, 5) is 4.14. The SMILES string of the molecule is CN=C(NCCOC1CCCCCC1)NC1CCS(=O)(=O)C1. The molecule has 1 unspecified atom stereocenters. The zero-order chi connectivity index (χ0) is 15.8. The fourth-order valence-corrected chi connectivity index (χ4v) is 4.77. The van der Waals surface area contributed by atoms with E-state index in [9.17, 15) is 8.42 Å². The third-order valence-electron chi connectivity index (χ3n) is 4.35. The average Bonchev–Trinajstić information content (AvgIpc) is 2.68. The van der Waals surface area contributed by atoms with Crippen LogP contribution in [0.5, 0.6) is 0 Å². The van der Waals surface area contributed by atoms with Gasteiger partial charge in [0.25, 0.3) is 0 Å². The Morgan fingerprint density at radius 3 is 2.50 bits per heavy atom. The van der Waals surface area contributed by atoms with Crippen LogP contribution < -0.4 is 10.6 Å². The molecule has 7 heteroatoms. The summed E-state index contributed by atoms with van der Waals surface area (Å²) in [7, 11) is -1.16. The molecule has 2 aliphatic rings. The van der Waals surface area contributed by atoms with Crippen molar-refractivity contribution in [3.8, 4) is 0 Å². The van der Waals surface area contributed by atoms with E-state index in [1.165, 1.54) is 38.5 Å². The number of sulfone groups is 1. The fourth-order valence-electron chi connectivity index (χ4n) is 3.10. The van der Waals surface area contributed by atoms with Crippen LogP contribution in [-0.2, 0) is 14.6 Å². The zero-order valence-electron chi connectivity index (χ0n) is 13.5. The molecule has 1 saturated carbocycles. The first-order valence-electron chi connectivity index (χ1n) is 8.38. The van der Waals surface area contributed by atoms with Crippen molar-refractivity contribution >= 4 is 15.8 Å². The number of hydrogen-bond donors (Lipinski definition) is 2. The summed E-state index contributed by atoms with van der Waals surface area (Å²) in [5.41, 5.74) is 0. The summed E-state index contributed by atoms with van der Waals surface area (Å²) in [5, 5.41) is 6.37. The van der Waals surface area contributed by atoms with Gasteiger partial charge in [-0.3, -0.25) is 4.99 Å². The fraction of sp³-hybridized carbons (Fsp3) is 0.933. The van der Waals surface area contributed by atoms with Crippen molar-refractivity contribution in [3.63, 3.8) is 0 Å². The molecule has 0 radical (unpaired) electrons. The summed E-state index contributed by atoms with van der Waals surface area (Å²) in [6.45, 7) is 1.35. The molecular weight excluding hydrogens is 302 g/mol. The minimum absolute atomic E-state index is 0.0287. The first kappa shape index (κ1) is 17.5. The monoisotopic (exact) mass is 331 g/mol. The van der Waals surface area contributed by atoms with Gasteiger partial charge in [0.2, 0.25) is 0 Å². The van der Waals surface area contributed by atoms with Gasteiger partial charge in [0.05, 0.1) is 24.2 Å². The molecule has 0 aromatic carbocycles. The Balaban J connectivity index is 1.62. The summed E-state index contributed by atoms with van der Waals surface area (Å²) in [6, 6.07) is -0.0287. The first-order valence-corrected chi connectivity index (χ1v) is 10.2. The molecule has 2 N–H and O–H groups in total. The summed E-state index contributed by atoms with van der Waals surface area (Å²) in [5.74, 6) is 1.13. The molecule has 0 aromatic heterocycles. The van der Waals surface area contributed by atoms with Gasteiger partial charge in [0.1, 0.15) is 0 Å². The van der Waals surface area contributed by atoms with Crippen molar-refractivity contribution in [2.45, 2.75) is 57.1 Å². The minimum atomic E-state index is -2.86. The largest absolute Gasteiger partial charge is 0.376 e. The molecule has 0 bridgehead atoms. The van der Waals surface area contributed by atoms with E-state index in [2.05, 4.69) is 15.6 Å². The predicted octanol–water partition coefficient (Wildman–Crippen LogP) is 1.08. The molecule has 128 valence electrons. The first-order chi connectivity index (χ1) is 10.6. The lowest BCUT2D eigenvalue weighted by atomic mass is 10.1. The van der Waals surface area contributed by atoms with Gasteiger partial charge in [-0.2, -0.15) is 0 Å². The molecule has 1 atom stereocenters. The van der Waals surface area contributed by atoms with Crippen LogP contribution in [0.1, 0.15) is 44.9 Å². The number of aliphatic imine (C=N–C) groups is 1. The number of rotatable bonds is 5. The van der Waals surface area contributed by atoms with Crippen molar-refractivity contribution in [1.29, 1.82) is 0 Å². The predicted molar refractivity (Wildman–Crippen MR) is 89.0 cm³/mol. The van der Waals surface area contributed by atoms with Gasteiger partial charge in [-0.05, 0) is 19.3 Å². The second-order valence-electron chi connectivity index (χ2n) is 6.23. The Bertz CT molecular complexity index is 457. The Kier molecular flexibility index (Phi) is 6.95. The van der Waals surface area contributed by atoms with Gasteiger partial charge in [0.15, 0.2) is 15.8 Å². The van der Waals surface area contributed by atoms with E-state index in [0.717, 1.165) is 0 Å². The van der Waals surface area contributed by atoms with E-state index in [1.54, 1.807) is 7.05 Å². The molecule has 1 aliphatic carbocycles. The van der Waals surface area contributed by atoms with Crippen LogP contribution >= 0.6 is 0 Å². The van der Waals surface area contributed by atoms with Gasteiger partial charge in [0, 0.05) is 19.6 Å². The third-order valence-corrected chi connectivity index (χ3v) is 6.12. The molecule has 22 heavy (non-hydrogen) atoms. The number of nitrogens with zero attached hydrogens (tertiary/aromatic N) is 1. The van der Waals surface area contributed by atoms with Crippen LogP contribution in [0, 0.1) is 0 Å². The van der Waals surface area contributed by atoms with Crippen molar-refractivity contribution in [2.75, 3.05) is 31.7 Å². The van der Waals surface area contributed by atoms with Gasteiger partial charge in [-0.1, -0.05) is 25.7 Å². The summed E-state index contributed by atoms with van der Waals surface area (Å²) < 4.78 is 28.8. The lowest BCUT2D eigenvalue weighted by molar-refractivity contribution is 0.0468. The summed E-state index contributed by atoms with van der Waals surface area (Å²) >= 11 is 0. The highest BCUT2D eigenvalue weighted by atomic mass is 32.2. The van der Waals surface area contributed by atoms with E-state index in [-0.39, 0.29) is 17.5 Å². The van der Waals surface area contributed by atoms with Gasteiger partial charge < -0.3 is 15.4 Å². The van der Waals surface area contributed by atoms with Gasteiger partial charge in [-0.25, -0.2) is 8.42 Å². The molecule has 1 heterocycles. The summed E-state index contributed by atoms with van der Waals surface area (Å²) in [6.07, 6.45) is 8.62. The van der Waals surface area contributed by atoms with Crippen LogP contribution in [0.15, 0.2) is 4.99 Å². The molecule has 0 aromatic rings. The molecule has 1 saturated heterocycles. The second kappa shape index (κ2) is 8.72. The highest BCUT2D eigenvalue weighted by Gasteiger charge is 2.28. The van der Waals surface area contributed by atoms with Crippen LogP contribution in [-0.4, -0.2) is 58.2 Å². The smallest absolute Gasteiger partial charge is 0.191 e. The Morgan fingerprint density at radius 2 is 1.91 bits per heavy atom. The molecule has 1 aliphatic heterocycles. The maximum Gasteiger partial charge on any atom is 0.191 e. The standard InChI is InChI=1S/C15H29N3O3S/c1-16-15(18-13-8-11-22(19,20)12-13)17-9-10-21-14-6-4-2-3-5-7-14/h13-14H,2-12H2,1H3,(H2,16,17,18). The molecule has 0 amide bonds. The van der Waals surface area contributed by atoms with E-state index in [1.807, 2.05) is 0 Å². The quantitative estimate of drug-likeness (QED) is 0.341. The Labute approximate surface area is 134 Å². The van der Waals surface area contributed by atoms with E-state index in [0.29, 0.717) is 31.6 Å². The van der Waals surface area contributed by atoms with Gasteiger partial charge >= 0.3 is 0 Å². The topological polar surface area (TPSA) is 79.8 Å². The zero-order valence-corrected chi connectivity index (χ0v) is 14.3. The molecule has 6 nitrogen and oxygen atoms in total. The van der Waals surface area contributed by atoms with Crippen LogP contribution in [0.4, 0.5) is 0 Å². The Hall–Kier alpha value is -0.820. The molecule has 0 spiro atoms. The minimum Gasteiger partial charge on any atom is -0.376 e. The number of hydrogen-bond acceptors (Lipinski definition) is 4. The number of nitrogens with one attached hydrogen (secondary N) is 2. The maximum atomic E-state index is 11.5.